The van der Waals surface area contributed by atoms with Crippen LogP contribution in [0.2, 0.25) is 0 Å². The molecule has 2 N–H and O–H groups in total. The number of nitrogens with zero attached hydrogens (tertiary/aromatic N) is 1. The van der Waals surface area contributed by atoms with E-state index < -0.39 is 26.6 Å². The first-order chi connectivity index (χ1) is 35.0. The van der Waals surface area contributed by atoms with Gasteiger partial charge in [-0.2, -0.15) is 0 Å². The van der Waals surface area contributed by atoms with Crippen molar-refractivity contribution in [2.75, 3.05) is 40.9 Å². The average Bonchev–Trinajstić information content (AvgIpc) is 3.34. The number of likely N-dealkylation sites (N-methyl/N-ethyl adjacent to an activating group) is 1. The minimum absolute atomic E-state index is 0.0108. The van der Waals surface area contributed by atoms with Crippen LogP contribution in [0.4, 0.5) is 0 Å². The van der Waals surface area contributed by atoms with Crippen LogP contribution in [-0.2, 0) is 18.4 Å². The van der Waals surface area contributed by atoms with Gasteiger partial charge in [-0.1, -0.05) is 273 Å². The Morgan fingerprint density at radius 1 is 0.500 bits per heavy atom. The van der Waals surface area contributed by atoms with Crippen molar-refractivity contribution in [3.63, 3.8) is 0 Å². The number of phosphoric ester groups is 1. The summed E-state index contributed by atoms with van der Waals surface area (Å²) >= 11 is 0. The van der Waals surface area contributed by atoms with Crippen molar-refractivity contribution >= 4 is 13.7 Å². The fraction of sp³-hybridized carbons (Fsp3) is 0.794. The Kier molecular flexibility index (Phi) is 52.2. The van der Waals surface area contributed by atoms with E-state index in [-0.39, 0.29) is 12.5 Å². The monoisotopic (exact) mass is 1030 g/mol. The summed E-state index contributed by atoms with van der Waals surface area (Å²) in [5, 5.41) is 13.9. The highest BCUT2D eigenvalue weighted by molar-refractivity contribution is 7.45. The second-order valence-corrected chi connectivity index (χ2v) is 23.1. The van der Waals surface area contributed by atoms with E-state index in [0.717, 1.165) is 70.6 Å². The van der Waals surface area contributed by atoms with Gasteiger partial charge in [-0.15, -0.1) is 0 Å². The lowest BCUT2D eigenvalue weighted by atomic mass is 10.0. The molecular weight excluding hydrogens is 912 g/mol. The predicted octanol–water partition coefficient (Wildman–Crippen LogP) is 18.0. The standard InChI is InChI=1S/C63H117N2O6P/c1-6-8-10-12-14-16-18-20-22-24-26-27-28-29-30-31-32-33-34-35-36-37-39-40-42-44-46-48-50-52-54-56-62(66)61(60-71-72(68,69)70-59-58-65(3,4)5)64-63(67)57-55-53-51-49-47-45-43-41-38-25-23-21-19-17-15-13-11-9-7-2/h9,11,15,17,21,23,38,41,45,47,54,56,61-62,66H,6-8,10,12-14,16,18-20,22,24-37,39-40,42-44,46,48-53,55,57-60H2,1-5H3,(H-,64,67,68,69)/b11-9-,17-15-,23-21-,41-38-,47-45-,56-54+. The number of aliphatic hydroxyl groups excluding tert-OH is 1. The molecule has 1 amide bonds. The van der Waals surface area contributed by atoms with Gasteiger partial charge < -0.3 is 28.8 Å². The van der Waals surface area contributed by atoms with E-state index in [1.54, 1.807) is 6.08 Å². The number of amides is 1. The van der Waals surface area contributed by atoms with E-state index in [0.29, 0.717) is 23.9 Å². The molecule has 3 atom stereocenters. The number of carbonyl (C=O) groups excluding carboxylic acids is 1. The number of hydrogen-bond acceptors (Lipinski definition) is 6. The summed E-state index contributed by atoms with van der Waals surface area (Å²) in [5.41, 5.74) is 0. The summed E-state index contributed by atoms with van der Waals surface area (Å²) in [4.78, 5) is 25.5. The van der Waals surface area contributed by atoms with Gasteiger partial charge in [0.2, 0.25) is 5.91 Å². The Bertz CT molecular complexity index is 1400. The second-order valence-electron chi connectivity index (χ2n) is 21.7. The zero-order chi connectivity index (χ0) is 52.7. The molecule has 0 aromatic carbocycles. The molecule has 0 heterocycles. The van der Waals surface area contributed by atoms with Crippen LogP contribution >= 0.6 is 7.82 Å². The van der Waals surface area contributed by atoms with E-state index in [2.05, 4.69) is 79.9 Å². The van der Waals surface area contributed by atoms with Gasteiger partial charge in [-0.05, 0) is 64.2 Å². The molecular formula is C63H117N2O6P. The highest BCUT2D eigenvalue weighted by Gasteiger charge is 2.23. The van der Waals surface area contributed by atoms with Gasteiger partial charge >= 0.3 is 0 Å². The molecule has 0 aliphatic rings. The Hall–Kier alpha value is -2.06. The van der Waals surface area contributed by atoms with Gasteiger partial charge in [0.25, 0.3) is 7.82 Å². The molecule has 8 nitrogen and oxygen atoms in total. The van der Waals surface area contributed by atoms with E-state index >= 15 is 0 Å². The third-order valence-electron chi connectivity index (χ3n) is 13.4. The molecule has 3 unspecified atom stereocenters. The van der Waals surface area contributed by atoms with Crippen molar-refractivity contribution in [3.8, 4) is 0 Å². The molecule has 420 valence electrons. The van der Waals surface area contributed by atoms with Crippen molar-refractivity contribution in [2.24, 2.45) is 0 Å². The van der Waals surface area contributed by atoms with Crippen LogP contribution in [0.1, 0.15) is 271 Å². The van der Waals surface area contributed by atoms with E-state index in [9.17, 15) is 19.4 Å². The molecule has 0 saturated carbocycles. The topological polar surface area (TPSA) is 108 Å². The van der Waals surface area contributed by atoms with Crippen LogP contribution < -0.4 is 10.2 Å². The predicted molar refractivity (Wildman–Crippen MR) is 311 cm³/mol. The van der Waals surface area contributed by atoms with Crippen LogP contribution in [0.3, 0.4) is 0 Å². The van der Waals surface area contributed by atoms with Crippen LogP contribution in [-0.4, -0.2) is 68.5 Å². The smallest absolute Gasteiger partial charge is 0.268 e. The second kappa shape index (κ2) is 53.8. The number of quaternary nitrogens is 1. The first-order valence-corrected chi connectivity index (χ1v) is 31.8. The zero-order valence-electron chi connectivity index (χ0n) is 47.9. The third-order valence-corrected chi connectivity index (χ3v) is 14.4. The Labute approximate surface area is 446 Å². The third kappa shape index (κ3) is 55.7. The van der Waals surface area contributed by atoms with Crippen molar-refractivity contribution in [1.29, 1.82) is 0 Å². The maximum absolute atomic E-state index is 12.9. The summed E-state index contributed by atoms with van der Waals surface area (Å²) in [7, 11) is 1.23. The summed E-state index contributed by atoms with van der Waals surface area (Å²) in [6.07, 6.45) is 74.3. The molecule has 0 aliphatic carbocycles. The minimum atomic E-state index is -4.61. The normalized spacial score (nSPS) is 14.4. The SMILES string of the molecule is CC/C=C\C/C=C\C/C=C\C/C=C\C/C=C\CCCCCC(=O)NC(COP(=O)([O-])OCC[N+](C)(C)C)C(O)/C=C/CCCCCCCCCCCCCCCCCCCCCCCCCCCCCCC. The van der Waals surface area contributed by atoms with E-state index in [1.165, 1.54) is 173 Å². The van der Waals surface area contributed by atoms with Gasteiger partial charge in [0.05, 0.1) is 39.9 Å². The average molecular weight is 1030 g/mol. The lowest BCUT2D eigenvalue weighted by Gasteiger charge is -2.29. The molecule has 0 aromatic heterocycles. The van der Waals surface area contributed by atoms with Gasteiger partial charge in [-0.3, -0.25) is 9.36 Å². The van der Waals surface area contributed by atoms with Gasteiger partial charge in [0.1, 0.15) is 13.2 Å². The maximum atomic E-state index is 12.9. The summed E-state index contributed by atoms with van der Waals surface area (Å²) in [6, 6.07) is -0.909. The van der Waals surface area contributed by atoms with E-state index in [1.807, 2.05) is 27.2 Å². The molecule has 0 bridgehead atoms. The Morgan fingerprint density at radius 3 is 1.24 bits per heavy atom. The number of nitrogens with one attached hydrogen (secondary N) is 1. The van der Waals surface area contributed by atoms with Crippen LogP contribution in [0.25, 0.3) is 0 Å². The molecule has 9 heteroatoms. The van der Waals surface area contributed by atoms with Gasteiger partial charge in [-0.25, -0.2) is 0 Å². The van der Waals surface area contributed by atoms with Crippen LogP contribution in [0, 0.1) is 0 Å². The maximum Gasteiger partial charge on any atom is 0.268 e. The molecule has 0 aromatic rings. The number of phosphoric acid groups is 1. The van der Waals surface area contributed by atoms with Crippen molar-refractivity contribution < 1.29 is 32.9 Å². The van der Waals surface area contributed by atoms with Crippen LogP contribution in [0.15, 0.2) is 72.9 Å². The fourth-order valence-electron chi connectivity index (χ4n) is 8.71. The quantitative estimate of drug-likeness (QED) is 0.0272. The molecule has 72 heavy (non-hydrogen) atoms. The number of hydrogen-bond donors (Lipinski definition) is 2. The lowest BCUT2D eigenvalue weighted by molar-refractivity contribution is -0.870. The fourth-order valence-corrected chi connectivity index (χ4v) is 9.43. The first-order valence-electron chi connectivity index (χ1n) is 30.3. The highest BCUT2D eigenvalue weighted by Crippen LogP contribution is 2.38. The van der Waals surface area contributed by atoms with Crippen molar-refractivity contribution in [1.82, 2.24) is 5.32 Å². The molecule has 0 radical (unpaired) electrons. The van der Waals surface area contributed by atoms with Crippen molar-refractivity contribution in [3.05, 3.63) is 72.9 Å². The largest absolute Gasteiger partial charge is 0.756 e. The lowest BCUT2D eigenvalue weighted by Crippen LogP contribution is -2.45. The number of allylic oxidation sites excluding steroid dienone is 11. The minimum Gasteiger partial charge on any atom is -0.756 e. The number of rotatable bonds is 55. The summed E-state index contributed by atoms with van der Waals surface area (Å²) in [6.45, 7) is 4.53. The Balaban J connectivity index is 4.17. The summed E-state index contributed by atoms with van der Waals surface area (Å²) in [5.74, 6) is -0.228. The van der Waals surface area contributed by atoms with E-state index in [4.69, 9.17) is 9.05 Å². The first kappa shape index (κ1) is 69.9. The highest BCUT2D eigenvalue weighted by atomic mass is 31.2. The molecule has 0 fully saturated rings. The van der Waals surface area contributed by atoms with Gasteiger partial charge in [0.15, 0.2) is 0 Å². The van der Waals surface area contributed by atoms with Crippen molar-refractivity contribution in [2.45, 2.75) is 283 Å². The number of aliphatic hydroxyl groups is 1. The number of unbranched alkanes of at least 4 members (excludes halogenated alkanes) is 32. The number of carbonyl (C=O) groups is 1. The molecule has 0 spiro atoms. The molecule has 0 aliphatic heterocycles. The Morgan fingerprint density at radius 2 is 0.847 bits per heavy atom. The molecule has 0 rings (SSSR count). The summed E-state index contributed by atoms with van der Waals surface area (Å²) < 4.78 is 23.3. The van der Waals surface area contributed by atoms with Gasteiger partial charge in [0, 0.05) is 6.42 Å². The molecule has 0 saturated heterocycles. The zero-order valence-corrected chi connectivity index (χ0v) is 48.8. The van der Waals surface area contributed by atoms with Crippen LogP contribution in [0.5, 0.6) is 0 Å².